The lowest BCUT2D eigenvalue weighted by Crippen LogP contribution is -2.45. The average molecular weight is 320 g/mol. The number of anilines is 1. The third kappa shape index (κ3) is 2.38. The fourth-order valence-electron chi connectivity index (χ4n) is 3.62. The van der Waals surface area contributed by atoms with Crippen LogP contribution < -0.4 is 4.90 Å². The SMILES string of the molecule is CN(C)C1CCCN(c2ccnc3[nH]c4cnc(C#N)cc4c23)C1. The van der Waals surface area contributed by atoms with Crippen LogP contribution >= 0.6 is 0 Å². The number of piperidine rings is 1. The van der Waals surface area contributed by atoms with Crippen molar-refractivity contribution in [2.75, 3.05) is 32.1 Å². The molecule has 3 aromatic rings. The van der Waals surface area contributed by atoms with E-state index >= 15 is 0 Å². The first-order valence-electron chi connectivity index (χ1n) is 8.25. The van der Waals surface area contributed by atoms with Crippen molar-refractivity contribution in [3.63, 3.8) is 0 Å². The number of rotatable bonds is 2. The van der Waals surface area contributed by atoms with E-state index in [0.717, 1.165) is 35.0 Å². The predicted octanol–water partition coefficient (Wildman–Crippen LogP) is 2.51. The first-order chi connectivity index (χ1) is 11.7. The Kier molecular flexibility index (Phi) is 3.58. The van der Waals surface area contributed by atoms with Gasteiger partial charge in [0, 0.05) is 36.4 Å². The molecule has 0 aromatic carbocycles. The third-order valence-electron chi connectivity index (χ3n) is 4.94. The van der Waals surface area contributed by atoms with Crippen LogP contribution in [0.25, 0.3) is 21.9 Å². The van der Waals surface area contributed by atoms with Gasteiger partial charge < -0.3 is 14.8 Å². The van der Waals surface area contributed by atoms with Gasteiger partial charge in [-0.15, -0.1) is 0 Å². The Balaban J connectivity index is 1.87. The number of aromatic amines is 1. The molecule has 1 fully saturated rings. The van der Waals surface area contributed by atoms with E-state index < -0.39 is 0 Å². The second kappa shape index (κ2) is 5.77. The minimum atomic E-state index is 0.433. The van der Waals surface area contributed by atoms with Crippen LogP contribution in [0.15, 0.2) is 24.5 Å². The van der Waals surface area contributed by atoms with Crippen molar-refractivity contribution in [3.05, 3.63) is 30.2 Å². The summed E-state index contributed by atoms with van der Waals surface area (Å²) in [6, 6.07) is 6.63. The van der Waals surface area contributed by atoms with Gasteiger partial charge >= 0.3 is 0 Å². The number of nitrogens with zero attached hydrogens (tertiary/aromatic N) is 5. The zero-order chi connectivity index (χ0) is 16.7. The van der Waals surface area contributed by atoms with Crippen LogP contribution in [0.1, 0.15) is 18.5 Å². The van der Waals surface area contributed by atoms with E-state index in [1.807, 2.05) is 12.3 Å². The number of likely N-dealkylation sites (N-methyl/N-ethyl adjacent to an activating group) is 1. The first-order valence-corrected chi connectivity index (χ1v) is 8.25. The van der Waals surface area contributed by atoms with Crippen LogP contribution in [0, 0.1) is 11.3 Å². The molecule has 0 spiro atoms. The molecular weight excluding hydrogens is 300 g/mol. The zero-order valence-corrected chi connectivity index (χ0v) is 14.0. The number of nitrogens with one attached hydrogen (secondary N) is 1. The Bertz CT molecular complexity index is 936. The summed E-state index contributed by atoms with van der Waals surface area (Å²) in [5, 5.41) is 11.3. The number of nitriles is 1. The highest BCUT2D eigenvalue weighted by Crippen LogP contribution is 2.34. The van der Waals surface area contributed by atoms with Crippen molar-refractivity contribution in [2.24, 2.45) is 0 Å². The molecule has 1 aliphatic rings. The van der Waals surface area contributed by atoms with E-state index in [2.05, 4.69) is 51.0 Å². The van der Waals surface area contributed by atoms with Gasteiger partial charge in [0.05, 0.1) is 17.1 Å². The van der Waals surface area contributed by atoms with Crippen molar-refractivity contribution in [1.82, 2.24) is 19.9 Å². The van der Waals surface area contributed by atoms with Gasteiger partial charge in [-0.05, 0) is 39.1 Å². The lowest BCUT2D eigenvalue weighted by molar-refractivity contribution is 0.258. The van der Waals surface area contributed by atoms with Gasteiger partial charge in [0.15, 0.2) is 0 Å². The molecule has 1 atom stereocenters. The van der Waals surface area contributed by atoms with Crippen molar-refractivity contribution in [3.8, 4) is 6.07 Å². The molecule has 1 saturated heterocycles. The first kappa shape index (κ1) is 14.9. The number of fused-ring (bicyclic) bond motifs is 3. The molecule has 1 aliphatic heterocycles. The monoisotopic (exact) mass is 320 g/mol. The maximum atomic E-state index is 9.17. The summed E-state index contributed by atoms with van der Waals surface area (Å²) in [5.41, 5.74) is 3.40. The summed E-state index contributed by atoms with van der Waals surface area (Å²) < 4.78 is 0. The van der Waals surface area contributed by atoms with Crippen molar-refractivity contribution < 1.29 is 0 Å². The number of hydrogen-bond acceptors (Lipinski definition) is 5. The lowest BCUT2D eigenvalue weighted by Gasteiger charge is -2.37. The summed E-state index contributed by atoms with van der Waals surface area (Å²) in [5.74, 6) is 0. The fraction of sp³-hybridized carbons (Fsp3) is 0.389. The quantitative estimate of drug-likeness (QED) is 0.785. The van der Waals surface area contributed by atoms with E-state index in [9.17, 15) is 0 Å². The zero-order valence-electron chi connectivity index (χ0n) is 14.0. The number of aromatic nitrogens is 3. The maximum Gasteiger partial charge on any atom is 0.141 e. The van der Waals surface area contributed by atoms with Gasteiger partial charge in [-0.25, -0.2) is 9.97 Å². The molecule has 6 nitrogen and oxygen atoms in total. The second-order valence-electron chi connectivity index (χ2n) is 6.61. The van der Waals surface area contributed by atoms with Crippen LogP contribution in [-0.4, -0.2) is 53.1 Å². The maximum absolute atomic E-state index is 9.17. The predicted molar refractivity (Wildman–Crippen MR) is 95.0 cm³/mol. The Labute approximate surface area is 140 Å². The average Bonchev–Trinajstić information content (AvgIpc) is 2.99. The van der Waals surface area contributed by atoms with Crippen LogP contribution in [0.5, 0.6) is 0 Å². The molecule has 3 aromatic heterocycles. The highest BCUT2D eigenvalue weighted by molar-refractivity contribution is 6.12. The van der Waals surface area contributed by atoms with E-state index in [1.165, 1.54) is 18.5 Å². The molecule has 0 aliphatic carbocycles. The molecule has 0 amide bonds. The topological polar surface area (TPSA) is 71.8 Å². The van der Waals surface area contributed by atoms with Crippen molar-refractivity contribution in [2.45, 2.75) is 18.9 Å². The molecule has 0 radical (unpaired) electrons. The lowest BCUT2D eigenvalue weighted by atomic mass is 10.0. The highest BCUT2D eigenvalue weighted by Gasteiger charge is 2.24. The minimum Gasteiger partial charge on any atom is -0.369 e. The van der Waals surface area contributed by atoms with Crippen LogP contribution in [0.4, 0.5) is 5.69 Å². The Hall–Kier alpha value is -2.65. The van der Waals surface area contributed by atoms with E-state index in [4.69, 9.17) is 5.26 Å². The molecule has 1 N–H and O–H groups in total. The number of pyridine rings is 2. The highest BCUT2D eigenvalue weighted by atomic mass is 15.2. The molecule has 0 saturated carbocycles. The Morgan fingerprint density at radius 1 is 1.38 bits per heavy atom. The largest absolute Gasteiger partial charge is 0.369 e. The smallest absolute Gasteiger partial charge is 0.141 e. The molecule has 4 heterocycles. The second-order valence-corrected chi connectivity index (χ2v) is 6.61. The van der Waals surface area contributed by atoms with Crippen LogP contribution in [0.3, 0.4) is 0 Å². The summed E-state index contributed by atoms with van der Waals surface area (Å²) >= 11 is 0. The van der Waals surface area contributed by atoms with E-state index in [1.54, 1.807) is 6.20 Å². The molecular formula is C18H20N6. The summed E-state index contributed by atoms with van der Waals surface area (Å²) in [7, 11) is 4.29. The van der Waals surface area contributed by atoms with Crippen molar-refractivity contribution in [1.29, 1.82) is 5.26 Å². The fourth-order valence-corrected chi connectivity index (χ4v) is 3.62. The molecule has 122 valence electrons. The van der Waals surface area contributed by atoms with E-state index in [0.29, 0.717) is 11.7 Å². The molecule has 4 rings (SSSR count). The molecule has 0 bridgehead atoms. The summed E-state index contributed by atoms with van der Waals surface area (Å²) in [6.07, 6.45) is 5.98. The molecule has 6 heteroatoms. The van der Waals surface area contributed by atoms with Gasteiger partial charge in [-0.3, -0.25) is 0 Å². The summed E-state index contributed by atoms with van der Waals surface area (Å²) in [4.78, 5) is 16.7. The van der Waals surface area contributed by atoms with Gasteiger partial charge in [0.2, 0.25) is 0 Å². The van der Waals surface area contributed by atoms with Crippen LogP contribution in [0.2, 0.25) is 0 Å². The molecule has 1 unspecified atom stereocenters. The van der Waals surface area contributed by atoms with Gasteiger partial charge in [0.25, 0.3) is 0 Å². The number of hydrogen-bond donors (Lipinski definition) is 1. The minimum absolute atomic E-state index is 0.433. The van der Waals surface area contributed by atoms with Crippen molar-refractivity contribution >= 4 is 27.6 Å². The normalized spacial score (nSPS) is 18.4. The molecule has 24 heavy (non-hydrogen) atoms. The standard InChI is InChI=1S/C18H20N6/c1-23(2)13-4-3-7-24(11-13)16-5-6-20-18-17(16)14-8-12(9-19)21-10-15(14)22-18/h5-6,8,10,13H,3-4,7,11H2,1-2H3,(H,20,22). The van der Waals surface area contributed by atoms with Gasteiger partial charge in [-0.1, -0.05) is 0 Å². The summed E-state index contributed by atoms with van der Waals surface area (Å²) in [6.45, 7) is 2.06. The van der Waals surface area contributed by atoms with Gasteiger partial charge in [0.1, 0.15) is 17.4 Å². The Morgan fingerprint density at radius 3 is 3.04 bits per heavy atom. The number of H-pyrrole nitrogens is 1. The Morgan fingerprint density at radius 2 is 2.25 bits per heavy atom. The van der Waals surface area contributed by atoms with Crippen LogP contribution in [-0.2, 0) is 0 Å². The van der Waals surface area contributed by atoms with E-state index in [-0.39, 0.29) is 0 Å². The van der Waals surface area contributed by atoms with Gasteiger partial charge in [-0.2, -0.15) is 5.26 Å². The third-order valence-corrected chi connectivity index (χ3v) is 4.94.